The molecule has 6 nitrogen and oxygen atoms in total. The van der Waals surface area contributed by atoms with Gasteiger partial charge in [-0.1, -0.05) is 6.07 Å². The zero-order chi connectivity index (χ0) is 19.1. The summed E-state index contributed by atoms with van der Waals surface area (Å²) in [5, 5.41) is 1.34. The molecule has 6 heteroatoms. The highest BCUT2D eigenvalue weighted by Gasteiger charge is 2.23. The van der Waals surface area contributed by atoms with Crippen LogP contribution in [0.4, 0.5) is 0 Å². The van der Waals surface area contributed by atoms with Crippen LogP contribution < -0.4 is 24.5 Å². The molecule has 0 spiro atoms. The predicted molar refractivity (Wildman–Crippen MR) is 104 cm³/mol. The number of nitrogens with zero attached hydrogens (tertiary/aromatic N) is 1. The van der Waals surface area contributed by atoms with Gasteiger partial charge < -0.3 is 23.5 Å². The molecule has 1 aliphatic heterocycles. The van der Waals surface area contributed by atoms with Crippen LogP contribution in [0, 0.1) is 0 Å². The third-order valence-corrected chi connectivity index (χ3v) is 5.11. The number of hydrogen-bond donors (Lipinski definition) is 0. The SMILES string of the molecule is COc1cc2c(cc1OC)-c1cc3ccc(OC)c(OC)c3c(=O)n1CC2. The molecule has 0 amide bonds. The van der Waals surface area contributed by atoms with Crippen LogP contribution in [-0.2, 0) is 13.0 Å². The van der Waals surface area contributed by atoms with Crippen molar-refractivity contribution in [1.29, 1.82) is 0 Å². The minimum absolute atomic E-state index is 0.0846. The molecular weight excluding hydrogens is 346 g/mol. The summed E-state index contributed by atoms with van der Waals surface area (Å²) in [6.07, 6.45) is 0.736. The highest BCUT2D eigenvalue weighted by molar-refractivity contribution is 5.93. The molecule has 1 aromatic heterocycles. The maximum atomic E-state index is 13.3. The fraction of sp³-hybridized carbons (Fsp3) is 0.286. The first-order valence-electron chi connectivity index (χ1n) is 8.66. The van der Waals surface area contributed by atoms with E-state index < -0.39 is 0 Å². The van der Waals surface area contributed by atoms with E-state index in [4.69, 9.17) is 18.9 Å². The largest absolute Gasteiger partial charge is 0.493 e. The van der Waals surface area contributed by atoms with Crippen molar-refractivity contribution in [2.24, 2.45) is 0 Å². The van der Waals surface area contributed by atoms with Gasteiger partial charge in [0.1, 0.15) is 0 Å². The molecule has 27 heavy (non-hydrogen) atoms. The number of rotatable bonds is 4. The normalized spacial score (nSPS) is 12.3. The number of aryl methyl sites for hydroxylation is 1. The zero-order valence-electron chi connectivity index (χ0n) is 15.8. The van der Waals surface area contributed by atoms with Gasteiger partial charge in [-0.25, -0.2) is 0 Å². The van der Waals surface area contributed by atoms with Gasteiger partial charge in [0.2, 0.25) is 0 Å². The summed E-state index contributed by atoms with van der Waals surface area (Å²) in [5.41, 5.74) is 2.89. The number of fused-ring (bicyclic) bond motifs is 4. The maximum absolute atomic E-state index is 13.3. The van der Waals surface area contributed by atoms with Crippen molar-refractivity contribution in [3.63, 3.8) is 0 Å². The molecule has 0 N–H and O–H groups in total. The average molecular weight is 367 g/mol. The standard InChI is InChI=1S/C21H21NO5/c1-24-16-6-5-13-9-15-14-11-18(26-3)17(25-2)10-12(14)7-8-22(15)21(23)19(13)20(16)27-4/h5-6,9-11H,7-8H2,1-4H3. The van der Waals surface area contributed by atoms with Crippen molar-refractivity contribution in [2.75, 3.05) is 28.4 Å². The van der Waals surface area contributed by atoms with Crippen LogP contribution in [0.1, 0.15) is 5.56 Å². The van der Waals surface area contributed by atoms with Crippen LogP contribution >= 0.6 is 0 Å². The molecule has 2 heterocycles. The Bertz CT molecular complexity index is 1100. The Balaban J connectivity index is 2.04. The van der Waals surface area contributed by atoms with Gasteiger partial charge in [0, 0.05) is 12.1 Å². The predicted octanol–water partition coefficient (Wildman–Crippen LogP) is 3.26. The molecule has 0 atom stereocenters. The number of aromatic nitrogens is 1. The van der Waals surface area contributed by atoms with Crippen molar-refractivity contribution >= 4 is 10.8 Å². The zero-order valence-corrected chi connectivity index (χ0v) is 15.8. The van der Waals surface area contributed by atoms with Crippen molar-refractivity contribution in [2.45, 2.75) is 13.0 Å². The van der Waals surface area contributed by atoms with E-state index in [9.17, 15) is 4.79 Å². The first kappa shape index (κ1) is 17.3. The number of ether oxygens (including phenoxy) is 4. The highest BCUT2D eigenvalue weighted by atomic mass is 16.5. The molecular formula is C21H21NO5. The summed E-state index contributed by atoms with van der Waals surface area (Å²) in [6, 6.07) is 9.64. The second-order valence-corrected chi connectivity index (χ2v) is 6.37. The van der Waals surface area contributed by atoms with E-state index in [0.717, 1.165) is 28.6 Å². The van der Waals surface area contributed by atoms with Crippen molar-refractivity contribution in [1.82, 2.24) is 4.57 Å². The molecule has 1 aliphatic rings. The second kappa shape index (κ2) is 6.54. The summed E-state index contributed by atoms with van der Waals surface area (Å²) >= 11 is 0. The number of hydrogen-bond acceptors (Lipinski definition) is 5. The van der Waals surface area contributed by atoms with Crippen molar-refractivity contribution < 1.29 is 18.9 Å². The van der Waals surface area contributed by atoms with Crippen LogP contribution in [-0.4, -0.2) is 33.0 Å². The summed E-state index contributed by atoms with van der Waals surface area (Å²) in [7, 11) is 6.35. The van der Waals surface area contributed by atoms with Gasteiger partial charge in [0.05, 0.1) is 39.5 Å². The quantitative estimate of drug-likeness (QED) is 0.708. The maximum Gasteiger partial charge on any atom is 0.262 e. The van der Waals surface area contributed by atoms with E-state index in [-0.39, 0.29) is 5.56 Å². The van der Waals surface area contributed by atoms with E-state index in [1.165, 1.54) is 0 Å². The molecule has 3 aromatic rings. The number of benzene rings is 2. The van der Waals surface area contributed by atoms with Gasteiger partial charge in [-0.3, -0.25) is 4.79 Å². The van der Waals surface area contributed by atoms with Crippen LogP contribution in [0.25, 0.3) is 22.0 Å². The lowest BCUT2D eigenvalue weighted by Crippen LogP contribution is -2.26. The van der Waals surface area contributed by atoms with E-state index in [1.807, 2.05) is 30.3 Å². The lowest BCUT2D eigenvalue weighted by Gasteiger charge is -2.24. The fourth-order valence-corrected chi connectivity index (χ4v) is 3.80. The van der Waals surface area contributed by atoms with Gasteiger partial charge in [-0.2, -0.15) is 0 Å². The lowest BCUT2D eigenvalue weighted by molar-refractivity contribution is 0.354. The van der Waals surface area contributed by atoms with Crippen LogP contribution in [0.15, 0.2) is 35.1 Å². The topological polar surface area (TPSA) is 58.9 Å². The van der Waals surface area contributed by atoms with Gasteiger partial charge in [0.25, 0.3) is 5.56 Å². The van der Waals surface area contributed by atoms with E-state index in [0.29, 0.717) is 34.9 Å². The summed E-state index contributed by atoms with van der Waals surface area (Å²) in [6.45, 7) is 0.590. The van der Waals surface area contributed by atoms with E-state index in [1.54, 1.807) is 33.0 Å². The molecule has 140 valence electrons. The highest BCUT2D eigenvalue weighted by Crippen LogP contribution is 2.40. The molecule has 0 saturated heterocycles. The Labute approximate surface area is 156 Å². The Kier molecular flexibility index (Phi) is 4.18. The van der Waals surface area contributed by atoms with E-state index in [2.05, 4.69) is 0 Å². The Morgan fingerprint density at radius 1 is 0.852 bits per heavy atom. The summed E-state index contributed by atoms with van der Waals surface area (Å²) in [5.74, 6) is 2.35. The van der Waals surface area contributed by atoms with Crippen molar-refractivity contribution in [3.05, 3.63) is 46.2 Å². The van der Waals surface area contributed by atoms with Crippen LogP contribution in [0.5, 0.6) is 23.0 Å². The molecule has 0 aliphatic carbocycles. The minimum atomic E-state index is -0.0846. The third kappa shape index (κ3) is 2.51. The molecule has 0 saturated carbocycles. The third-order valence-electron chi connectivity index (χ3n) is 5.11. The van der Waals surface area contributed by atoms with Gasteiger partial charge >= 0.3 is 0 Å². The smallest absolute Gasteiger partial charge is 0.262 e. The lowest BCUT2D eigenvalue weighted by atomic mass is 9.95. The number of pyridine rings is 1. The molecule has 0 unspecified atom stereocenters. The minimum Gasteiger partial charge on any atom is -0.493 e. The van der Waals surface area contributed by atoms with Crippen LogP contribution in [0.3, 0.4) is 0 Å². The van der Waals surface area contributed by atoms with Gasteiger partial charge in [-0.05, 0) is 41.6 Å². The number of methoxy groups -OCH3 is 4. The fourth-order valence-electron chi connectivity index (χ4n) is 3.80. The van der Waals surface area contributed by atoms with Crippen LogP contribution in [0.2, 0.25) is 0 Å². The second-order valence-electron chi connectivity index (χ2n) is 6.37. The molecule has 0 bridgehead atoms. The molecule has 0 fully saturated rings. The average Bonchev–Trinajstić information content (AvgIpc) is 2.71. The molecule has 0 radical (unpaired) electrons. The summed E-state index contributed by atoms with van der Waals surface area (Å²) < 4.78 is 23.5. The molecule has 4 rings (SSSR count). The molecule has 2 aromatic carbocycles. The van der Waals surface area contributed by atoms with E-state index >= 15 is 0 Å². The van der Waals surface area contributed by atoms with Gasteiger partial charge in [-0.15, -0.1) is 0 Å². The summed E-state index contributed by atoms with van der Waals surface area (Å²) in [4.78, 5) is 13.3. The Hall–Kier alpha value is -3.15. The Morgan fingerprint density at radius 3 is 2.22 bits per heavy atom. The first-order chi connectivity index (χ1) is 13.1. The van der Waals surface area contributed by atoms with Gasteiger partial charge in [0.15, 0.2) is 23.0 Å². The van der Waals surface area contributed by atoms with Crippen molar-refractivity contribution in [3.8, 4) is 34.3 Å². The Morgan fingerprint density at radius 2 is 1.56 bits per heavy atom. The first-order valence-corrected chi connectivity index (χ1v) is 8.66. The monoisotopic (exact) mass is 367 g/mol.